The van der Waals surface area contributed by atoms with Crippen molar-refractivity contribution in [2.24, 2.45) is 10.9 Å². The Morgan fingerprint density at radius 1 is 1.23 bits per heavy atom. The van der Waals surface area contributed by atoms with Crippen molar-refractivity contribution in [3.05, 3.63) is 35.4 Å². The van der Waals surface area contributed by atoms with Crippen molar-refractivity contribution in [1.82, 2.24) is 0 Å². The Morgan fingerprint density at radius 2 is 1.95 bits per heavy atom. The van der Waals surface area contributed by atoms with Gasteiger partial charge in [0, 0.05) is 20.2 Å². The number of nitrogens with zero attached hydrogens (tertiary/aromatic N) is 1. The van der Waals surface area contributed by atoms with Crippen molar-refractivity contribution in [1.29, 1.82) is 0 Å². The predicted molar refractivity (Wildman–Crippen MR) is 78.7 cm³/mol. The van der Waals surface area contributed by atoms with Gasteiger partial charge in [-0.25, -0.2) is 0 Å². The molecule has 0 aliphatic heterocycles. The topological polar surface area (TPSA) is 56.8 Å². The quantitative estimate of drug-likeness (QED) is 0.329. The molecule has 2 N–H and O–H groups in total. The molecule has 1 rings (SSSR count). The highest BCUT2D eigenvalue weighted by molar-refractivity contribution is 6.00. The highest BCUT2D eigenvalue weighted by atomic mass is 19.4. The van der Waals surface area contributed by atoms with E-state index in [2.05, 4.69) is 9.89 Å². The molecule has 4 nitrogen and oxygen atoms in total. The minimum atomic E-state index is -4.40. The second-order valence-corrected chi connectivity index (χ2v) is 4.54. The highest BCUT2D eigenvalue weighted by Gasteiger charge is 2.30. The lowest BCUT2D eigenvalue weighted by atomic mass is 10.0. The molecule has 0 aromatic heterocycles. The molecule has 1 aromatic rings. The largest absolute Gasteiger partial charge is 0.416 e. The molecule has 0 bridgehead atoms. The van der Waals surface area contributed by atoms with Crippen molar-refractivity contribution in [2.75, 3.05) is 26.8 Å². The zero-order valence-electron chi connectivity index (χ0n) is 15.0. The van der Waals surface area contributed by atoms with Crippen LogP contribution in [0.15, 0.2) is 29.4 Å². The van der Waals surface area contributed by atoms with E-state index in [1.807, 2.05) is 0 Å². The third-order valence-corrected chi connectivity index (χ3v) is 2.84. The summed E-state index contributed by atoms with van der Waals surface area (Å²) in [5, 5.41) is 3.93. The third kappa shape index (κ3) is 6.44. The Kier molecular flexibility index (Phi) is 6.01. The summed E-state index contributed by atoms with van der Waals surface area (Å²) < 4.78 is 63.3. The van der Waals surface area contributed by atoms with Crippen LogP contribution in [-0.4, -0.2) is 32.5 Å². The average Bonchev–Trinajstić information content (AvgIpc) is 2.51. The normalized spacial score (nSPS) is 15.1. The van der Waals surface area contributed by atoms with Crippen LogP contribution in [0.4, 0.5) is 13.2 Å². The van der Waals surface area contributed by atoms with Gasteiger partial charge in [0.25, 0.3) is 0 Å². The first-order chi connectivity index (χ1) is 11.6. The molecule has 0 aliphatic carbocycles. The lowest BCUT2D eigenvalue weighted by molar-refractivity contribution is -0.137. The molecule has 0 heterocycles. The van der Waals surface area contributed by atoms with Gasteiger partial charge in [0.2, 0.25) is 0 Å². The molecule has 0 aliphatic rings. The van der Waals surface area contributed by atoms with Gasteiger partial charge < -0.3 is 15.3 Å². The number of rotatable bonds is 9. The Hall–Kier alpha value is -1.60. The number of halogens is 3. The summed E-state index contributed by atoms with van der Waals surface area (Å²) in [5.41, 5.74) is 5.54. The van der Waals surface area contributed by atoms with Gasteiger partial charge in [0.05, 0.1) is 15.4 Å². The summed E-state index contributed by atoms with van der Waals surface area (Å²) >= 11 is 0. The Labute approximate surface area is 132 Å². The average molecular weight is 322 g/mol. The third-order valence-electron chi connectivity index (χ3n) is 2.84. The summed E-state index contributed by atoms with van der Waals surface area (Å²) in [6.07, 6.45) is -2.99. The maximum atomic E-state index is 12.6. The van der Waals surface area contributed by atoms with Gasteiger partial charge >= 0.3 is 6.18 Å². The van der Waals surface area contributed by atoms with E-state index in [1.165, 1.54) is 12.1 Å². The van der Waals surface area contributed by atoms with Crippen molar-refractivity contribution in [2.45, 2.75) is 25.4 Å². The SMILES string of the molecule is [2H][13C]([2H])([2H])OCCCC/C(=N/OCCN)c1ccc(C(F)(F)F)cc1. The minimum Gasteiger partial charge on any atom is -0.394 e. The van der Waals surface area contributed by atoms with Crippen LogP contribution < -0.4 is 5.73 Å². The van der Waals surface area contributed by atoms with E-state index in [0.717, 1.165) is 12.1 Å². The predicted octanol–water partition coefficient (Wildman–Crippen LogP) is 3.20. The van der Waals surface area contributed by atoms with Crippen LogP contribution in [0.25, 0.3) is 0 Å². The standard InChI is InChI=1S/C15H21F3N2O2/c1-21-10-3-2-4-14(20-22-11-9-19)12-5-7-13(8-6-12)15(16,17)18/h5-8H,2-4,9-11,19H2,1H3/b20-14-/i1+1D3. The van der Waals surface area contributed by atoms with Gasteiger partial charge in [-0.2, -0.15) is 13.2 Å². The van der Waals surface area contributed by atoms with Crippen LogP contribution >= 0.6 is 0 Å². The van der Waals surface area contributed by atoms with Gasteiger partial charge in [0.15, 0.2) is 0 Å². The van der Waals surface area contributed by atoms with Crippen LogP contribution in [-0.2, 0) is 15.8 Å². The number of methoxy groups -OCH3 is 1. The van der Waals surface area contributed by atoms with E-state index < -0.39 is 18.8 Å². The summed E-state index contributed by atoms with van der Waals surface area (Å²) in [4.78, 5) is 5.03. The molecule has 0 amide bonds. The molecule has 0 spiro atoms. The molecule has 0 unspecified atom stereocenters. The summed E-state index contributed by atoms with van der Waals surface area (Å²) in [5.74, 6) is 0. The zero-order valence-corrected chi connectivity index (χ0v) is 12.0. The van der Waals surface area contributed by atoms with Crippen molar-refractivity contribution >= 4 is 5.71 Å². The fourth-order valence-corrected chi connectivity index (χ4v) is 1.74. The van der Waals surface area contributed by atoms with E-state index in [9.17, 15) is 13.2 Å². The Balaban J connectivity index is 2.68. The molecule has 22 heavy (non-hydrogen) atoms. The monoisotopic (exact) mass is 322 g/mol. The maximum absolute atomic E-state index is 12.6. The highest BCUT2D eigenvalue weighted by Crippen LogP contribution is 2.29. The number of alkyl halides is 3. The van der Waals surface area contributed by atoms with Crippen LogP contribution in [0.3, 0.4) is 0 Å². The molecule has 7 heteroatoms. The van der Waals surface area contributed by atoms with E-state index in [4.69, 9.17) is 14.7 Å². The lowest BCUT2D eigenvalue weighted by Crippen LogP contribution is -2.09. The maximum Gasteiger partial charge on any atom is 0.416 e. The Bertz CT molecular complexity index is 546. The van der Waals surface area contributed by atoms with Crippen molar-refractivity contribution in [3.63, 3.8) is 0 Å². The molecule has 0 radical (unpaired) electrons. The van der Waals surface area contributed by atoms with Crippen LogP contribution in [0.5, 0.6) is 0 Å². The van der Waals surface area contributed by atoms with Gasteiger partial charge in [-0.1, -0.05) is 17.3 Å². The zero-order chi connectivity index (χ0) is 18.9. The number of hydrogen-bond acceptors (Lipinski definition) is 4. The van der Waals surface area contributed by atoms with E-state index in [1.54, 1.807) is 0 Å². The number of unbranched alkanes of at least 4 members (excludes halogenated alkanes) is 1. The van der Waals surface area contributed by atoms with Crippen molar-refractivity contribution in [3.8, 4) is 0 Å². The second kappa shape index (κ2) is 9.42. The lowest BCUT2D eigenvalue weighted by Gasteiger charge is -2.10. The van der Waals surface area contributed by atoms with Gasteiger partial charge in [0.1, 0.15) is 6.61 Å². The van der Waals surface area contributed by atoms with Crippen molar-refractivity contribution < 1.29 is 26.9 Å². The fraction of sp³-hybridized carbons (Fsp3) is 0.533. The van der Waals surface area contributed by atoms with Crippen LogP contribution in [0.2, 0.25) is 0 Å². The number of benzene rings is 1. The second-order valence-electron chi connectivity index (χ2n) is 4.54. The first kappa shape index (κ1) is 14.0. The first-order valence-corrected chi connectivity index (χ1v) is 6.84. The molecular formula is C15H21F3N2O2. The molecule has 0 fully saturated rings. The molecule has 0 saturated carbocycles. The number of hydrogen-bond donors (Lipinski definition) is 1. The summed E-state index contributed by atoms with van der Waals surface area (Å²) in [6.45, 7) is 0.503. The number of oxime groups is 1. The molecule has 124 valence electrons. The van der Waals surface area contributed by atoms with Crippen LogP contribution in [0, 0.1) is 0 Å². The molecule has 0 atom stereocenters. The van der Waals surface area contributed by atoms with E-state index >= 15 is 0 Å². The van der Waals surface area contributed by atoms with E-state index in [0.29, 0.717) is 30.5 Å². The number of ether oxygens (including phenoxy) is 1. The van der Waals surface area contributed by atoms with Gasteiger partial charge in [-0.15, -0.1) is 0 Å². The van der Waals surface area contributed by atoms with Crippen LogP contribution in [0.1, 0.15) is 34.5 Å². The number of nitrogens with two attached hydrogens (primary N) is 1. The van der Waals surface area contributed by atoms with E-state index in [-0.39, 0.29) is 19.8 Å². The fourth-order valence-electron chi connectivity index (χ4n) is 1.74. The molecule has 0 saturated heterocycles. The summed E-state index contributed by atoms with van der Waals surface area (Å²) in [6, 6.07) is 4.61. The molecular weight excluding hydrogens is 298 g/mol. The molecule has 1 aromatic carbocycles. The van der Waals surface area contributed by atoms with Gasteiger partial charge in [-0.3, -0.25) is 0 Å². The Morgan fingerprint density at radius 3 is 2.55 bits per heavy atom. The smallest absolute Gasteiger partial charge is 0.394 e. The first-order valence-electron chi connectivity index (χ1n) is 8.34. The van der Waals surface area contributed by atoms with Gasteiger partial charge in [-0.05, 0) is 37.0 Å². The minimum absolute atomic E-state index is 0.0560. The summed E-state index contributed by atoms with van der Waals surface area (Å²) in [7, 11) is -2.44.